The van der Waals surface area contributed by atoms with E-state index in [4.69, 9.17) is 0 Å². The molecule has 1 unspecified atom stereocenters. The van der Waals surface area contributed by atoms with Gasteiger partial charge in [0.2, 0.25) is 5.91 Å². The predicted octanol–water partition coefficient (Wildman–Crippen LogP) is 2.16. The fourth-order valence-electron chi connectivity index (χ4n) is 2.66. The van der Waals surface area contributed by atoms with Crippen molar-refractivity contribution in [1.82, 2.24) is 9.97 Å². The van der Waals surface area contributed by atoms with Gasteiger partial charge < -0.3 is 20.5 Å². The first kappa shape index (κ1) is 16.4. The maximum Gasteiger partial charge on any atom is 0.257 e. The van der Waals surface area contributed by atoms with Gasteiger partial charge in [0.1, 0.15) is 5.82 Å². The second kappa shape index (κ2) is 6.56. The average Bonchev–Trinajstić information content (AvgIpc) is 2.54. The third-order valence-corrected chi connectivity index (χ3v) is 4.85. The summed E-state index contributed by atoms with van der Waals surface area (Å²) in [5.41, 5.74) is 0.624. The zero-order chi connectivity index (χ0) is 17.3. The second-order valence-corrected chi connectivity index (χ2v) is 6.62. The average molecular weight is 347 g/mol. The topological polar surface area (TPSA) is 115 Å². The molecule has 0 saturated carbocycles. The third kappa shape index (κ3) is 3.09. The number of phenolic OH excluding ortho intramolecular Hbond substituents is 2. The van der Waals surface area contributed by atoms with E-state index in [9.17, 15) is 19.8 Å². The Bertz CT molecular complexity index is 850. The normalized spacial score (nSPS) is 16.5. The Morgan fingerprint density at radius 3 is 2.79 bits per heavy atom. The van der Waals surface area contributed by atoms with E-state index in [1.165, 1.54) is 23.9 Å². The maximum atomic E-state index is 12.5. The molecule has 8 heteroatoms. The van der Waals surface area contributed by atoms with Crippen LogP contribution in [0.3, 0.4) is 0 Å². The number of aromatic amines is 1. The van der Waals surface area contributed by atoms with E-state index in [1.807, 2.05) is 6.92 Å². The van der Waals surface area contributed by atoms with E-state index >= 15 is 0 Å². The number of benzene rings is 1. The molecule has 24 heavy (non-hydrogen) atoms. The summed E-state index contributed by atoms with van der Waals surface area (Å²) in [6, 6.07) is 4.28. The molecule has 126 valence electrons. The Hall–Kier alpha value is -2.48. The van der Waals surface area contributed by atoms with Gasteiger partial charge in [-0.05, 0) is 24.1 Å². The van der Waals surface area contributed by atoms with E-state index in [0.29, 0.717) is 16.3 Å². The molecule has 1 amide bonds. The standard InChI is InChI=1S/C16H17N3O4S/c1-2-5-24-16-18-14-13(15(23)19-16)9(7-12(22)17-14)8-3-4-10(20)11(21)6-8/h3-4,6,9,20-21H,2,5,7H2,1H3,(H2,17,18,19,22,23). The van der Waals surface area contributed by atoms with Crippen LogP contribution in [-0.4, -0.2) is 31.8 Å². The molecule has 0 spiro atoms. The molecule has 1 aromatic heterocycles. The van der Waals surface area contributed by atoms with Crippen molar-refractivity contribution in [2.75, 3.05) is 11.1 Å². The number of phenols is 2. The highest BCUT2D eigenvalue weighted by atomic mass is 32.2. The van der Waals surface area contributed by atoms with Crippen LogP contribution in [-0.2, 0) is 4.79 Å². The summed E-state index contributed by atoms with van der Waals surface area (Å²) in [6.45, 7) is 2.03. The van der Waals surface area contributed by atoms with Crippen LogP contribution in [0.25, 0.3) is 0 Å². The fraction of sp³-hybridized carbons (Fsp3) is 0.312. The lowest BCUT2D eigenvalue weighted by molar-refractivity contribution is -0.116. The zero-order valence-electron chi connectivity index (χ0n) is 13.0. The molecule has 0 fully saturated rings. The van der Waals surface area contributed by atoms with Crippen molar-refractivity contribution in [3.05, 3.63) is 39.7 Å². The van der Waals surface area contributed by atoms with Gasteiger partial charge in [-0.15, -0.1) is 0 Å². The number of amides is 1. The van der Waals surface area contributed by atoms with E-state index in [2.05, 4.69) is 15.3 Å². The third-order valence-electron chi connectivity index (χ3n) is 3.77. The van der Waals surface area contributed by atoms with Crippen LogP contribution in [0.4, 0.5) is 5.82 Å². The molecule has 1 aromatic carbocycles. The highest BCUT2D eigenvalue weighted by molar-refractivity contribution is 7.99. The molecule has 7 nitrogen and oxygen atoms in total. The first-order valence-electron chi connectivity index (χ1n) is 7.58. The van der Waals surface area contributed by atoms with E-state index in [-0.39, 0.29) is 35.2 Å². The van der Waals surface area contributed by atoms with Gasteiger partial charge >= 0.3 is 0 Å². The molecule has 2 heterocycles. The van der Waals surface area contributed by atoms with Crippen molar-refractivity contribution in [2.45, 2.75) is 30.8 Å². The van der Waals surface area contributed by atoms with E-state index in [1.54, 1.807) is 6.07 Å². The molecule has 0 aliphatic carbocycles. The van der Waals surface area contributed by atoms with Crippen LogP contribution in [0.5, 0.6) is 11.5 Å². The van der Waals surface area contributed by atoms with Crippen molar-refractivity contribution in [2.24, 2.45) is 0 Å². The van der Waals surface area contributed by atoms with E-state index < -0.39 is 5.92 Å². The number of anilines is 1. The van der Waals surface area contributed by atoms with Gasteiger partial charge in [0.05, 0.1) is 5.56 Å². The van der Waals surface area contributed by atoms with Crippen LogP contribution in [0.1, 0.15) is 36.8 Å². The summed E-state index contributed by atoms with van der Waals surface area (Å²) >= 11 is 1.42. The lowest BCUT2D eigenvalue weighted by Crippen LogP contribution is -2.31. The van der Waals surface area contributed by atoms with Gasteiger partial charge in [0.25, 0.3) is 5.56 Å². The fourth-order valence-corrected chi connectivity index (χ4v) is 3.38. The number of rotatable bonds is 4. The van der Waals surface area contributed by atoms with Crippen LogP contribution in [0.2, 0.25) is 0 Å². The molecule has 1 atom stereocenters. The van der Waals surface area contributed by atoms with Crippen LogP contribution in [0, 0.1) is 0 Å². The van der Waals surface area contributed by atoms with Crippen molar-refractivity contribution in [1.29, 1.82) is 0 Å². The largest absolute Gasteiger partial charge is 0.504 e. The number of H-pyrrole nitrogens is 1. The van der Waals surface area contributed by atoms with E-state index in [0.717, 1.165) is 12.2 Å². The predicted molar refractivity (Wildman–Crippen MR) is 90.7 cm³/mol. The number of hydrogen-bond donors (Lipinski definition) is 4. The molecule has 2 aromatic rings. The minimum atomic E-state index is -0.526. The zero-order valence-corrected chi connectivity index (χ0v) is 13.8. The smallest absolute Gasteiger partial charge is 0.257 e. The number of hydrogen-bond acceptors (Lipinski definition) is 6. The number of thioether (sulfide) groups is 1. The highest BCUT2D eigenvalue weighted by Gasteiger charge is 2.31. The molecule has 1 aliphatic rings. The minimum Gasteiger partial charge on any atom is -0.504 e. The van der Waals surface area contributed by atoms with Gasteiger partial charge in [-0.2, -0.15) is 0 Å². The van der Waals surface area contributed by atoms with Crippen LogP contribution in [0.15, 0.2) is 28.2 Å². The first-order valence-corrected chi connectivity index (χ1v) is 8.57. The quantitative estimate of drug-likeness (QED) is 0.383. The Labute approximate surface area is 142 Å². The van der Waals surface area contributed by atoms with Crippen molar-refractivity contribution in [3.8, 4) is 11.5 Å². The number of nitrogens with zero attached hydrogens (tertiary/aromatic N) is 1. The minimum absolute atomic E-state index is 0.0728. The molecule has 0 bridgehead atoms. The summed E-state index contributed by atoms with van der Waals surface area (Å²) in [4.78, 5) is 31.6. The molecular weight excluding hydrogens is 330 g/mol. The van der Waals surface area contributed by atoms with Gasteiger partial charge in [-0.1, -0.05) is 24.8 Å². The summed E-state index contributed by atoms with van der Waals surface area (Å²) in [6.07, 6.45) is 1.01. The molecule has 0 saturated heterocycles. The van der Waals surface area contributed by atoms with Gasteiger partial charge in [-0.3, -0.25) is 9.59 Å². The second-order valence-electron chi connectivity index (χ2n) is 5.53. The monoisotopic (exact) mass is 347 g/mol. The number of carbonyl (C=O) groups is 1. The molecule has 1 aliphatic heterocycles. The van der Waals surface area contributed by atoms with Gasteiger partial charge in [0.15, 0.2) is 16.7 Å². The highest BCUT2D eigenvalue weighted by Crippen LogP contribution is 2.37. The molecule has 3 rings (SSSR count). The van der Waals surface area contributed by atoms with Gasteiger partial charge in [-0.25, -0.2) is 4.98 Å². The number of fused-ring (bicyclic) bond motifs is 1. The number of aromatic nitrogens is 2. The van der Waals surface area contributed by atoms with Crippen molar-refractivity contribution >= 4 is 23.5 Å². The van der Waals surface area contributed by atoms with Crippen molar-refractivity contribution in [3.63, 3.8) is 0 Å². The Morgan fingerprint density at radius 1 is 1.29 bits per heavy atom. The molecular formula is C16H17N3O4S. The lowest BCUT2D eigenvalue weighted by atomic mass is 9.86. The van der Waals surface area contributed by atoms with Gasteiger partial charge in [0, 0.05) is 18.1 Å². The SMILES string of the molecule is CCCSc1nc2c(c(=O)[nH]1)C(c1ccc(O)c(O)c1)CC(=O)N2. The molecule has 0 radical (unpaired) electrons. The Balaban J connectivity index is 2.07. The summed E-state index contributed by atoms with van der Waals surface area (Å²) in [5, 5.41) is 22.3. The van der Waals surface area contributed by atoms with Crippen molar-refractivity contribution < 1.29 is 15.0 Å². The Kier molecular flexibility index (Phi) is 4.48. The molecule has 4 N–H and O–H groups in total. The number of nitrogens with one attached hydrogen (secondary N) is 2. The summed E-state index contributed by atoms with van der Waals surface area (Å²) in [5.74, 6) is -0.250. The number of carbonyl (C=O) groups excluding carboxylic acids is 1. The van der Waals surface area contributed by atoms with Crippen LogP contribution < -0.4 is 10.9 Å². The summed E-state index contributed by atoms with van der Waals surface area (Å²) in [7, 11) is 0. The Morgan fingerprint density at radius 2 is 2.08 bits per heavy atom. The number of aromatic hydroxyl groups is 2. The first-order chi connectivity index (χ1) is 11.5. The summed E-state index contributed by atoms with van der Waals surface area (Å²) < 4.78 is 0. The maximum absolute atomic E-state index is 12.5. The lowest BCUT2D eigenvalue weighted by Gasteiger charge is -2.24. The van der Waals surface area contributed by atoms with Crippen LogP contribution >= 0.6 is 11.8 Å².